The van der Waals surface area contributed by atoms with Crippen molar-refractivity contribution < 1.29 is 14.3 Å². The largest absolute Gasteiger partial charge is 0.464 e. The van der Waals surface area contributed by atoms with Crippen molar-refractivity contribution in [1.82, 2.24) is 9.80 Å². The van der Waals surface area contributed by atoms with Crippen molar-refractivity contribution in [2.24, 2.45) is 11.7 Å². The van der Waals surface area contributed by atoms with E-state index in [4.69, 9.17) is 10.5 Å². The van der Waals surface area contributed by atoms with E-state index in [1.165, 1.54) is 6.42 Å². The zero-order valence-corrected chi connectivity index (χ0v) is 12.4. The number of rotatable bonds is 3. The lowest BCUT2D eigenvalue weighted by molar-refractivity contribution is -0.152. The molecule has 0 aliphatic carbocycles. The van der Waals surface area contributed by atoms with Crippen LogP contribution in [0.2, 0.25) is 0 Å². The van der Waals surface area contributed by atoms with Gasteiger partial charge in [-0.05, 0) is 45.7 Å². The van der Waals surface area contributed by atoms with Crippen LogP contribution in [0.25, 0.3) is 0 Å². The molecule has 3 unspecified atom stereocenters. The summed E-state index contributed by atoms with van der Waals surface area (Å²) >= 11 is 0. The molecule has 6 heteroatoms. The molecule has 0 radical (unpaired) electrons. The minimum absolute atomic E-state index is 0.245. The first kappa shape index (κ1) is 15.3. The number of esters is 1. The van der Waals surface area contributed by atoms with E-state index in [1.54, 1.807) is 11.8 Å². The Morgan fingerprint density at radius 3 is 2.80 bits per heavy atom. The van der Waals surface area contributed by atoms with E-state index in [0.717, 1.165) is 19.4 Å². The Kier molecular flexibility index (Phi) is 4.99. The van der Waals surface area contributed by atoms with Crippen molar-refractivity contribution in [1.29, 1.82) is 0 Å². The summed E-state index contributed by atoms with van der Waals surface area (Å²) in [6.07, 6.45) is 3.28. The summed E-state index contributed by atoms with van der Waals surface area (Å²) in [6, 6.07) is -0.612. The smallest absolute Gasteiger partial charge is 0.332 e. The maximum atomic E-state index is 12.3. The molecule has 0 aromatic carbocycles. The van der Waals surface area contributed by atoms with Crippen molar-refractivity contribution in [3.8, 4) is 0 Å². The first-order valence-corrected chi connectivity index (χ1v) is 7.45. The quantitative estimate of drug-likeness (QED) is 0.574. The van der Waals surface area contributed by atoms with Crippen LogP contribution >= 0.6 is 0 Å². The van der Waals surface area contributed by atoms with E-state index in [0.29, 0.717) is 25.0 Å². The van der Waals surface area contributed by atoms with Gasteiger partial charge in [-0.1, -0.05) is 0 Å². The number of carbonyl (C=O) groups excluding carboxylic acids is 2. The van der Waals surface area contributed by atoms with E-state index in [2.05, 4.69) is 11.9 Å². The number of nitrogens with zero attached hydrogens (tertiary/aromatic N) is 2. The number of fused-ring (bicyclic) bond motifs is 1. The Hall–Kier alpha value is -1.14. The molecule has 2 aliphatic heterocycles. The molecule has 1 amide bonds. The van der Waals surface area contributed by atoms with Crippen LogP contribution in [0.4, 0.5) is 0 Å². The molecule has 6 nitrogen and oxygen atoms in total. The van der Waals surface area contributed by atoms with Gasteiger partial charge in [0.1, 0.15) is 0 Å². The lowest BCUT2D eigenvalue weighted by atomic mass is 9.84. The molecule has 0 aromatic heterocycles. The Labute approximate surface area is 120 Å². The molecule has 0 saturated carbocycles. The first-order chi connectivity index (χ1) is 9.54. The van der Waals surface area contributed by atoms with Crippen molar-refractivity contribution in [2.45, 2.75) is 38.3 Å². The summed E-state index contributed by atoms with van der Waals surface area (Å²) in [7, 11) is 2.15. The third-order valence-electron chi connectivity index (χ3n) is 4.46. The molecule has 2 aliphatic rings. The number of hydrogen-bond donors (Lipinski definition) is 1. The number of likely N-dealkylation sites (tertiary alicyclic amines) is 2. The van der Waals surface area contributed by atoms with Gasteiger partial charge in [0.05, 0.1) is 6.61 Å². The lowest BCUT2D eigenvalue weighted by Crippen LogP contribution is -2.57. The third kappa shape index (κ3) is 3.12. The summed E-state index contributed by atoms with van der Waals surface area (Å²) in [5.74, 6) is -0.420. The number of carbonyl (C=O) groups is 2. The molecule has 2 heterocycles. The van der Waals surface area contributed by atoms with Crippen LogP contribution in [0.15, 0.2) is 0 Å². The maximum Gasteiger partial charge on any atom is 0.332 e. The predicted octanol–water partition coefficient (Wildman–Crippen LogP) is -0.180. The van der Waals surface area contributed by atoms with Crippen molar-refractivity contribution in [3.05, 3.63) is 0 Å². The summed E-state index contributed by atoms with van der Waals surface area (Å²) < 4.78 is 4.82. The second-order valence-corrected chi connectivity index (χ2v) is 5.75. The van der Waals surface area contributed by atoms with E-state index in [-0.39, 0.29) is 12.5 Å². The highest BCUT2D eigenvalue weighted by atomic mass is 16.5. The minimum atomic E-state index is -1.17. The second kappa shape index (κ2) is 6.54. The Morgan fingerprint density at radius 1 is 1.35 bits per heavy atom. The normalized spacial score (nSPS) is 28.6. The minimum Gasteiger partial charge on any atom is -0.464 e. The number of hydrogen-bond acceptors (Lipinski definition) is 5. The first-order valence-electron chi connectivity index (χ1n) is 7.45. The van der Waals surface area contributed by atoms with Gasteiger partial charge >= 0.3 is 5.97 Å². The molecule has 114 valence electrons. The van der Waals surface area contributed by atoms with Gasteiger partial charge in [-0.2, -0.15) is 0 Å². The van der Waals surface area contributed by atoms with Crippen molar-refractivity contribution >= 4 is 11.9 Å². The van der Waals surface area contributed by atoms with E-state index in [9.17, 15) is 9.59 Å². The van der Waals surface area contributed by atoms with Crippen LogP contribution in [0.1, 0.15) is 26.2 Å². The lowest BCUT2D eigenvalue weighted by Gasteiger charge is -2.46. The fraction of sp³-hybridized carbons (Fsp3) is 0.857. The summed E-state index contributed by atoms with van der Waals surface area (Å²) in [6.45, 7) is 4.48. The van der Waals surface area contributed by atoms with Gasteiger partial charge in [0.2, 0.25) is 0 Å². The fourth-order valence-corrected chi connectivity index (χ4v) is 3.38. The van der Waals surface area contributed by atoms with Gasteiger partial charge in [-0.25, -0.2) is 4.79 Å². The van der Waals surface area contributed by atoms with Crippen LogP contribution in [0.5, 0.6) is 0 Å². The average Bonchev–Trinajstić information content (AvgIpc) is 2.46. The SMILES string of the molecule is CCOC(=O)C(N)C(=O)N1CCC2C(CCCN2C)C1. The molecule has 0 spiro atoms. The van der Waals surface area contributed by atoms with Gasteiger partial charge in [-0.3, -0.25) is 4.79 Å². The Bertz CT molecular complexity index is 375. The zero-order chi connectivity index (χ0) is 14.7. The molecule has 2 saturated heterocycles. The van der Waals surface area contributed by atoms with Crippen molar-refractivity contribution in [3.63, 3.8) is 0 Å². The number of nitrogens with two attached hydrogens (primary N) is 1. The van der Waals surface area contributed by atoms with Gasteiger partial charge in [0.15, 0.2) is 6.04 Å². The molecule has 2 N–H and O–H groups in total. The maximum absolute atomic E-state index is 12.3. The monoisotopic (exact) mass is 283 g/mol. The van der Waals surface area contributed by atoms with Crippen LogP contribution < -0.4 is 5.73 Å². The molecule has 3 atom stereocenters. The highest BCUT2D eigenvalue weighted by molar-refractivity contribution is 6.01. The van der Waals surface area contributed by atoms with Gasteiger partial charge in [0.25, 0.3) is 5.91 Å². The van der Waals surface area contributed by atoms with Crippen LogP contribution in [-0.4, -0.2) is 67.0 Å². The van der Waals surface area contributed by atoms with Crippen LogP contribution in [0.3, 0.4) is 0 Å². The standard InChI is InChI=1S/C14H25N3O3/c1-3-20-14(19)12(15)13(18)17-8-6-11-10(9-17)5-4-7-16(11)2/h10-12H,3-9,15H2,1-2H3. The summed E-state index contributed by atoms with van der Waals surface area (Å²) in [5.41, 5.74) is 5.70. The average molecular weight is 283 g/mol. The predicted molar refractivity (Wildman–Crippen MR) is 74.9 cm³/mol. The molecule has 20 heavy (non-hydrogen) atoms. The highest BCUT2D eigenvalue weighted by Crippen LogP contribution is 2.29. The molecule has 0 aromatic rings. The molecule has 2 rings (SSSR count). The summed E-state index contributed by atoms with van der Waals surface area (Å²) in [5, 5.41) is 0. The van der Waals surface area contributed by atoms with Crippen LogP contribution in [-0.2, 0) is 14.3 Å². The van der Waals surface area contributed by atoms with Crippen molar-refractivity contribution in [2.75, 3.05) is 33.3 Å². The highest BCUT2D eigenvalue weighted by Gasteiger charge is 2.38. The topological polar surface area (TPSA) is 75.9 Å². The van der Waals surface area contributed by atoms with Crippen LogP contribution in [0, 0.1) is 5.92 Å². The third-order valence-corrected chi connectivity index (χ3v) is 4.46. The van der Waals surface area contributed by atoms with E-state index >= 15 is 0 Å². The molecule has 0 bridgehead atoms. The number of piperidine rings is 2. The van der Waals surface area contributed by atoms with E-state index < -0.39 is 12.0 Å². The summed E-state index contributed by atoms with van der Waals surface area (Å²) in [4.78, 5) is 27.9. The van der Waals surface area contributed by atoms with E-state index in [1.807, 2.05) is 0 Å². The molecular weight excluding hydrogens is 258 g/mol. The Balaban J connectivity index is 1.94. The second-order valence-electron chi connectivity index (χ2n) is 5.75. The molecular formula is C14H25N3O3. The zero-order valence-electron chi connectivity index (χ0n) is 12.4. The molecule has 2 fully saturated rings. The van der Waals surface area contributed by atoms with Gasteiger partial charge < -0.3 is 20.3 Å². The number of ether oxygens (including phenoxy) is 1. The van der Waals surface area contributed by atoms with Gasteiger partial charge in [0, 0.05) is 19.1 Å². The fourth-order valence-electron chi connectivity index (χ4n) is 3.38. The van der Waals surface area contributed by atoms with Gasteiger partial charge in [-0.15, -0.1) is 0 Å². The Morgan fingerprint density at radius 2 is 2.10 bits per heavy atom. The number of amides is 1.